The molecule has 1 saturated heterocycles. The van der Waals surface area contributed by atoms with Gasteiger partial charge in [0.25, 0.3) is 0 Å². The van der Waals surface area contributed by atoms with Crippen LogP contribution in [-0.4, -0.2) is 47.0 Å². The van der Waals surface area contributed by atoms with Crippen LogP contribution in [0.25, 0.3) is 6.08 Å². The molecule has 0 unspecified atom stereocenters. The number of nitrogens with zero attached hydrogens (tertiary/aromatic N) is 5. The number of aromatic nitrogens is 2. The van der Waals surface area contributed by atoms with Gasteiger partial charge in [-0.25, -0.2) is 9.97 Å². The fourth-order valence-electron chi connectivity index (χ4n) is 3.67. The van der Waals surface area contributed by atoms with Crippen LogP contribution < -0.4 is 9.64 Å². The molecule has 0 radical (unpaired) electrons. The van der Waals surface area contributed by atoms with Gasteiger partial charge in [0.15, 0.2) is 0 Å². The molecule has 0 aliphatic carbocycles. The van der Waals surface area contributed by atoms with Crippen LogP contribution in [0.5, 0.6) is 5.75 Å². The molecule has 4 rings (SSSR count). The molecule has 1 fully saturated rings. The van der Waals surface area contributed by atoms with Gasteiger partial charge in [0, 0.05) is 43.8 Å². The predicted octanol–water partition coefficient (Wildman–Crippen LogP) is 4.05. The second-order valence-electron chi connectivity index (χ2n) is 7.70. The van der Waals surface area contributed by atoms with Crippen LogP contribution in [0.15, 0.2) is 54.1 Å². The monoisotopic (exact) mass is 459 g/mol. The molecule has 2 aromatic heterocycles. The highest BCUT2D eigenvalue weighted by Crippen LogP contribution is 2.19. The van der Waals surface area contributed by atoms with Crippen LogP contribution in [0.2, 0.25) is 0 Å². The van der Waals surface area contributed by atoms with Crippen molar-refractivity contribution in [1.82, 2.24) is 14.9 Å². The third kappa shape index (κ3) is 5.96. The first-order chi connectivity index (χ1) is 16.1. The largest absolute Gasteiger partial charge is 0.487 e. The summed E-state index contributed by atoms with van der Waals surface area (Å²) in [5.74, 6) is 1.44. The van der Waals surface area contributed by atoms with Crippen molar-refractivity contribution >= 4 is 29.1 Å². The Balaban J connectivity index is 1.30. The molecule has 1 amide bonds. The normalized spacial score (nSPS) is 14.2. The van der Waals surface area contributed by atoms with Crippen molar-refractivity contribution in [2.45, 2.75) is 20.0 Å². The number of amides is 1. The zero-order valence-electron chi connectivity index (χ0n) is 18.5. The standard InChI is InChI=1S/C25H25N5O2S/c1-19-28-22(18-33-19)17-32-23-8-5-20(6-9-23)7-10-24(31)29-12-3-13-30(15-14-29)25-21(16-26)4-2-11-27-25/h2,4-11,18H,3,12-15,17H2,1H3/b10-7+. The molecule has 0 N–H and O–H groups in total. The zero-order valence-corrected chi connectivity index (χ0v) is 19.3. The number of carbonyl (C=O) groups excluding carboxylic acids is 1. The van der Waals surface area contributed by atoms with Crippen LogP contribution in [0.4, 0.5) is 5.82 Å². The third-order valence-electron chi connectivity index (χ3n) is 5.37. The number of aryl methyl sites for hydroxylation is 1. The Kier molecular flexibility index (Phi) is 7.33. The minimum atomic E-state index is -0.0161. The van der Waals surface area contributed by atoms with Gasteiger partial charge in [-0.15, -0.1) is 11.3 Å². The Morgan fingerprint density at radius 2 is 2.06 bits per heavy atom. The number of rotatable bonds is 6. The third-order valence-corrected chi connectivity index (χ3v) is 6.19. The molecule has 0 spiro atoms. The Morgan fingerprint density at radius 3 is 2.82 bits per heavy atom. The molecular weight excluding hydrogens is 434 g/mol. The lowest BCUT2D eigenvalue weighted by Crippen LogP contribution is -2.34. The highest BCUT2D eigenvalue weighted by Gasteiger charge is 2.20. The van der Waals surface area contributed by atoms with E-state index in [1.165, 1.54) is 0 Å². The summed E-state index contributed by atoms with van der Waals surface area (Å²) in [4.78, 5) is 25.4. The summed E-state index contributed by atoms with van der Waals surface area (Å²) in [6.07, 6.45) is 5.96. The fourth-order valence-corrected chi connectivity index (χ4v) is 4.26. The van der Waals surface area contributed by atoms with Gasteiger partial charge >= 0.3 is 0 Å². The van der Waals surface area contributed by atoms with Crippen molar-refractivity contribution in [1.29, 1.82) is 5.26 Å². The van der Waals surface area contributed by atoms with Crippen LogP contribution in [-0.2, 0) is 11.4 Å². The van der Waals surface area contributed by atoms with Gasteiger partial charge < -0.3 is 14.5 Å². The Labute approximate surface area is 197 Å². The molecular formula is C25H25N5O2S. The summed E-state index contributed by atoms with van der Waals surface area (Å²) < 4.78 is 5.77. The summed E-state index contributed by atoms with van der Waals surface area (Å²) in [6, 6.07) is 13.4. The van der Waals surface area contributed by atoms with Crippen molar-refractivity contribution in [2.75, 3.05) is 31.1 Å². The van der Waals surface area contributed by atoms with Crippen molar-refractivity contribution in [3.05, 3.63) is 75.9 Å². The van der Waals surface area contributed by atoms with Crippen molar-refractivity contribution < 1.29 is 9.53 Å². The summed E-state index contributed by atoms with van der Waals surface area (Å²) in [5, 5.41) is 12.4. The molecule has 1 aliphatic heterocycles. The Hall–Kier alpha value is -3.70. The quantitative estimate of drug-likeness (QED) is 0.517. The molecule has 0 bridgehead atoms. The summed E-state index contributed by atoms with van der Waals surface area (Å²) in [6.45, 7) is 5.10. The Morgan fingerprint density at radius 1 is 1.21 bits per heavy atom. The van der Waals surface area contributed by atoms with E-state index in [1.807, 2.05) is 47.5 Å². The molecule has 168 valence electrons. The SMILES string of the molecule is Cc1nc(COc2ccc(/C=C/C(=O)N3CCCN(c4ncccc4C#N)CC3)cc2)cs1. The molecule has 7 nitrogen and oxygen atoms in total. The van der Waals surface area contributed by atoms with E-state index in [0.717, 1.165) is 35.0 Å². The maximum atomic E-state index is 12.7. The van der Waals surface area contributed by atoms with Gasteiger partial charge in [-0.1, -0.05) is 12.1 Å². The zero-order chi connectivity index (χ0) is 23.0. The lowest BCUT2D eigenvalue weighted by atomic mass is 10.2. The Bertz CT molecular complexity index is 1170. The summed E-state index contributed by atoms with van der Waals surface area (Å²) >= 11 is 1.61. The van der Waals surface area contributed by atoms with Crippen molar-refractivity contribution in [2.24, 2.45) is 0 Å². The van der Waals surface area contributed by atoms with Crippen LogP contribution in [0.3, 0.4) is 0 Å². The van der Waals surface area contributed by atoms with E-state index in [0.29, 0.717) is 37.6 Å². The fraction of sp³-hybridized carbons (Fsp3) is 0.280. The molecule has 1 aliphatic rings. The molecule has 0 atom stereocenters. The number of anilines is 1. The number of thiazole rings is 1. The maximum absolute atomic E-state index is 12.7. The first kappa shape index (κ1) is 22.5. The van der Waals surface area contributed by atoms with Gasteiger partial charge in [0.2, 0.25) is 5.91 Å². The first-order valence-electron chi connectivity index (χ1n) is 10.8. The second kappa shape index (κ2) is 10.7. The van der Waals surface area contributed by atoms with Crippen LogP contribution >= 0.6 is 11.3 Å². The van der Waals surface area contributed by atoms with E-state index in [2.05, 4.69) is 20.9 Å². The van der Waals surface area contributed by atoms with E-state index in [1.54, 1.807) is 35.7 Å². The van der Waals surface area contributed by atoms with Gasteiger partial charge in [-0.05, 0) is 49.2 Å². The summed E-state index contributed by atoms with van der Waals surface area (Å²) in [5.41, 5.74) is 2.42. The number of benzene rings is 1. The highest BCUT2D eigenvalue weighted by atomic mass is 32.1. The average Bonchev–Trinajstić information content (AvgIpc) is 3.11. The van der Waals surface area contributed by atoms with E-state index >= 15 is 0 Å². The van der Waals surface area contributed by atoms with Crippen molar-refractivity contribution in [3.8, 4) is 11.8 Å². The predicted molar refractivity (Wildman–Crippen MR) is 129 cm³/mol. The van der Waals surface area contributed by atoms with E-state index in [-0.39, 0.29) is 5.91 Å². The van der Waals surface area contributed by atoms with Gasteiger partial charge in [-0.3, -0.25) is 4.79 Å². The number of hydrogen-bond donors (Lipinski definition) is 0. The van der Waals surface area contributed by atoms with E-state index in [4.69, 9.17) is 4.74 Å². The number of pyridine rings is 1. The van der Waals surface area contributed by atoms with Crippen molar-refractivity contribution in [3.63, 3.8) is 0 Å². The smallest absolute Gasteiger partial charge is 0.246 e. The number of hydrogen-bond acceptors (Lipinski definition) is 7. The van der Waals surface area contributed by atoms with Gasteiger partial charge in [-0.2, -0.15) is 5.26 Å². The lowest BCUT2D eigenvalue weighted by Gasteiger charge is -2.22. The molecule has 3 heterocycles. The van der Waals surface area contributed by atoms with E-state index < -0.39 is 0 Å². The highest BCUT2D eigenvalue weighted by molar-refractivity contribution is 7.09. The van der Waals surface area contributed by atoms with Gasteiger partial charge in [0.05, 0.1) is 16.3 Å². The van der Waals surface area contributed by atoms with Crippen LogP contribution in [0.1, 0.15) is 28.2 Å². The van der Waals surface area contributed by atoms with Crippen LogP contribution in [0, 0.1) is 18.3 Å². The number of carbonyl (C=O) groups is 1. The molecule has 33 heavy (non-hydrogen) atoms. The lowest BCUT2D eigenvalue weighted by molar-refractivity contribution is -0.125. The minimum absolute atomic E-state index is 0.0161. The molecule has 0 saturated carbocycles. The molecule has 3 aromatic rings. The first-order valence-corrected chi connectivity index (χ1v) is 11.7. The number of nitriles is 1. The molecule has 8 heteroatoms. The minimum Gasteiger partial charge on any atom is -0.487 e. The molecule has 1 aromatic carbocycles. The maximum Gasteiger partial charge on any atom is 0.246 e. The number of ether oxygens (including phenoxy) is 1. The average molecular weight is 460 g/mol. The van der Waals surface area contributed by atoms with E-state index in [9.17, 15) is 10.1 Å². The topological polar surface area (TPSA) is 82.3 Å². The van der Waals surface area contributed by atoms with Gasteiger partial charge in [0.1, 0.15) is 24.2 Å². The summed E-state index contributed by atoms with van der Waals surface area (Å²) in [7, 11) is 0. The second-order valence-corrected chi connectivity index (χ2v) is 8.76.